The minimum atomic E-state index is -4.55. The summed E-state index contributed by atoms with van der Waals surface area (Å²) in [6.45, 7) is 0.910. The Labute approximate surface area is 207 Å². The summed E-state index contributed by atoms with van der Waals surface area (Å²) >= 11 is 7.41. The summed E-state index contributed by atoms with van der Waals surface area (Å²) in [4.78, 5) is 4.87. The van der Waals surface area contributed by atoms with Gasteiger partial charge in [-0.1, -0.05) is 11.6 Å². The molecular weight excluding hydrogens is 532 g/mol. The van der Waals surface area contributed by atoms with Crippen LogP contribution in [0.25, 0.3) is 0 Å². The molecule has 4 rings (SSSR count). The number of nitrogens with one attached hydrogen (secondary N) is 2. The van der Waals surface area contributed by atoms with Gasteiger partial charge in [-0.3, -0.25) is 4.72 Å². The lowest BCUT2D eigenvalue weighted by atomic mass is 10.1. The number of halogens is 5. The highest BCUT2D eigenvalue weighted by molar-refractivity contribution is 7.92. The van der Waals surface area contributed by atoms with Gasteiger partial charge in [0.15, 0.2) is 11.9 Å². The molecule has 0 radical (unpaired) electrons. The van der Waals surface area contributed by atoms with Gasteiger partial charge in [0, 0.05) is 24.4 Å². The van der Waals surface area contributed by atoms with Crippen molar-refractivity contribution in [3.63, 3.8) is 0 Å². The Balaban J connectivity index is 1.67. The second kappa shape index (κ2) is 9.80. The quantitative estimate of drug-likeness (QED) is 0.310. The molecule has 0 amide bonds. The van der Waals surface area contributed by atoms with Crippen molar-refractivity contribution in [2.24, 2.45) is 0 Å². The van der Waals surface area contributed by atoms with E-state index in [1.807, 2.05) is 0 Å². The van der Waals surface area contributed by atoms with Crippen molar-refractivity contribution in [3.05, 3.63) is 57.6 Å². The number of nitrogens with zero attached hydrogens (tertiary/aromatic N) is 2. The molecule has 0 aliphatic carbocycles. The van der Waals surface area contributed by atoms with Gasteiger partial charge in [-0.05, 0) is 24.3 Å². The van der Waals surface area contributed by atoms with E-state index in [1.54, 1.807) is 12.0 Å². The van der Waals surface area contributed by atoms with Crippen LogP contribution in [-0.4, -0.2) is 44.4 Å². The first-order valence-corrected chi connectivity index (χ1v) is 13.0. The van der Waals surface area contributed by atoms with E-state index < -0.39 is 32.5 Å². The zero-order valence-corrected chi connectivity index (χ0v) is 20.5. The molecule has 3 N–H and O–H groups in total. The molecule has 0 bridgehead atoms. The van der Waals surface area contributed by atoms with E-state index in [1.165, 1.54) is 17.0 Å². The number of ether oxygens (including phenoxy) is 1. The molecule has 1 unspecified atom stereocenters. The first kappa shape index (κ1) is 25.5. The van der Waals surface area contributed by atoms with Gasteiger partial charge in [0.25, 0.3) is 10.0 Å². The molecule has 2 heterocycles. The summed E-state index contributed by atoms with van der Waals surface area (Å²) in [6, 6.07) is 4.97. The van der Waals surface area contributed by atoms with Crippen molar-refractivity contribution in [2.75, 3.05) is 35.1 Å². The molecular formula is C21H20ClF4N4O3S2+. The van der Waals surface area contributed by atoms with E-state index in [0.29, 0.717) is 19.5 Å². The van der Waals surface area contributed by atoms with Crippen LogP contribution >= 0.6 is 22.9 Å². The third kappa shape index (κ3) is 5.63. The van der Waals surface area contributed by atoms with Gasteiger partial charge in [-0.2, -0.15) is 13.2 Å². The fraction of sp³-hybridized carbons (Fsp3) is 0.286. The number of thiazole rings is 1. The lowest BCUT2D eigenvalue weighted by Gasteiger charge is -2.24. The van der Waals surface area contributed by atoms with E-state index in [2.05, 4.69) is 19.8 Å². The Hall–Kier alpha value is -2.61. The van der Waals surface area contributed by atoms with Crippen molar-refractivity contribution in [3.8, 4) is 0 Å². The largest absolute Gasteiger partial charge is 0.432 e. The van der Waals surface area contributed by atoms with Crippen LogP contribution in [0.4, 0.5) is 40.4 Å². The highest BCUT2D eigenvalue weighted by Gasteiger charge is 2.34. The van der Waals surface area contributed by atoms with Crippen molar-refractivity contribution >= 4 is 55.8 Å². The molecule has 0 saturated carbocycles. The van der Waals surface area contributed by atoms with Crippen molar-refractivity contribution in [1.29, 1.82) is 0 Å². The van der Waals surface area contributed by atoms with E-state index in [-0.39, 0.29) is 34.0 Å². The van der Waals surface area contributed by atoms with Gasteiger partial charge in [-0.15, -0.1) is 11.3 Å². The van der Waals surface area contributed by atoms with Crippen LogP contribution in [-0.2, 0) is 16.2 Å². The van der Waals surface area contributed by atoms with Gasteiger partial charge in [0.05, 0.1) is 39.7 Å². The topological polar surface area (TPSA) is 87.1 Å². The van der Waals surface area contributed by atoms with Gasteiger partial charge >= 0.3 is 6.18 Å². The highest BCUT2D eigenvalue weighted by atomic mass is 35.5. The Kier molecular flexibility index (Phi) is 7.13. The molecule has 0 spiro atoms. The molecule has 1 saturated heterocycles. The van der Waals surface area contributed by atoms with E-state index >= 15 is 0 Å². The molecule has 1 aromatic heterocycles. The predicted molar refractivity (Wildman–Crippen MR) is 128 cm³/mol. The summed E-state index contributed by atoms with van der Waals surface area (Å²) in [6.07, 6.45) is -3.89. The first-order valence-electron chi connectivity index (χ1n) is 10.2. The molecule has 35 heavy (non-hydrogen) atoms. The maximum absolute atomic E-state index is 14.9. The van der Waals surface area contributed by atoms with Crippen LogP contribution < -0.4 is 14.9 Å². The first-order chi connectivity index (χ1) is 16.5. The Morgan fingerprint density at radius 2 is 2.00 bits per heavy atom. The average Bonchev–Trinajstić information content (AvgIpc) is 3.47. The van der Waals surface area contributed by atoms with Crippen LogP contribution in [0, 0.1) is 5.82 Å². The summed E-state index contributed by atoms with van der Waals surface area (Å²) in [5.74, 6) is -1.07. The van der Waals surface area contributed by atoms with E-state index in [9.17, 15) is 26.0 Å². The molecule has 1 atom stereocenters. The van der Waals surface area contributed by atoms with Crippen molar-refractivity contribution in [2.45, 2.75) is 23.6 Å². The fourth-order valence-electron chi connectivity index (χ4n) is 3.68. The van der Waals surface area contributed by atoms with Gasteiger partial charge in [-0.25, -0.2) is 17.8 Å². The standard InChI is InChI=1S/C21H19ClF4N4O3S2/c1-33-13-4-5-30(9-13)18-6-12(21(24,25)26)2-3-16(18)28-17-8-15(23)19(7-14(17)22)35(31,32)29-20-10-34-11-27-20/h2-3,6-8,10-11,13,28-29H,4-5,9H2,1H3/p+1. The molecule has 3 aromatic rings. The number of aliphatic hydroxyl groups is 2. The van der Waals surface area contributed by atoms with Gasteiger partial charge in [0.1, 0.15) is 17.8 Å². The molecule has 1 aliphatic rings. The molecule has 7 nitrogen and oxygen atoms in total. The summed E-state index contributed by atoms with van der Waals surface area (Å²) in [5, 5.41) is 4.16. The maximum atomic E-state index is 14.9. The molecule has 188 valence electrons. The Morgan fingerprint density at radius 3 is 2.63 bits per heavy atom. The SMILES string of the molecule is C[OH+]C1CCN(c2cc(C(F)(F)F)ccc2Nc2cc(F)c(S(=O)(=O)Nc3cscn3)cc2Cl)C1. The number of alkyl halides is 3. The third-order valence-corrected chi connectivity index (χ3v) is 7.71. The third-order valence-electron chi connectivity index (χ3n) is 5.45. The Bertz CT molecular complexity index is 1320. The van der Waals surface area contributed by atoms with Crippen molar-refractivity contribution < 1.29 is 30.7 Å². The predicted octanol–water partition coefficient (Wildman–Crippen LogP) is 5.24. The van der Waals surface area contributed by atoms with Crippen LogP contribution in [0.5, 0.6) is 0 Å². The number of aromatic nitrogens is 1. The maximum Gasteiger partial charge on any atom is 0.416 e. The number of anilines is 4. The number of hydrogen-bond acceptors (Lipinski definition) is 6. The van der Waals surface area contributed by atoms with E-state index in [0.717, 1.165) is 35.6 Å². The highest BCUT2D eigenvalue weighted by Crippen LogP contribution is 2.39. The van der Waals surface area contributed by atoms with Crippen LogP contribution in [0.15, 0.2) is 46.1 Å². The zero-order chi connectivity index (χ0) is 25.4. The Morgan fingerprint density at radius 1 is 1.23 bits per heavy atom. The molecule has 1 aliphatic heterocycles. The monoisotopic (exact) mass is 551 g/mol. The van der Waals surface area contributed by atoms with Crippen molar-refractivity contribution in [1.82, 2.24) is 4.98 Å². The van der Waals surface area contributed by atoms with Crippen LogP contribution in [0.3, 0.4) is 0 Å². The second-order valence-corrected chi connectivity index (χ2v) is 10.5. The molecule has 1 fully saturated rings. The van der Waals surface area contributed by atoms with Gasteiger partial charge < -0.3 is 15.0 Å². The zero-order valence-electron chi connectivity index (χ0n) is 18.1. The number of benzene rings is 2. The fourth-order valence-corrected chi connectivity index (χ4v) is 5.60. The molecule has 2 aromatic carbocycles. The lowest BCUT2D eigenvalue weighted by Crippen LogP contribution is -2.24. The van der Waals surface area contributed by atoms with Crippen LogP contribution in [0.1, 0.15) is 12.0 Å². The van der Waals surface area contributed by atoms with E-state index in [4.69, 9.17) is 11.6 Å². The normalized spacial score (nSPS) is 16.5. The average molecular weight is 552 g/mol. The summed E-state index contributed by atoms with van der Waals surface area (Å²) < 4.78 is 86.5. The minimum absolute atomic E-state index is 0.00582. The van der Waals surface area contributed by atoms with Gasteiger partial charge in [0.2, 0.25) is 0 Å². The molecule has 14 heteroatoms. The van der Waals surface area contributed by atoms with Crippen LogP contribution in [0.2, 0.25) is 5.02 Å². The smallest absolute Gasteiger partial charge is 0.416 e. The second-order valence-electron chi connectivity index (χ2n) is 7.74. The summed E-state index contributed by atoms with van der Waals surface area (Å²) in [5.41, 5.74) is 1.08. The number of rotatable bonds is 7. The lowest BCUT2D eigenvalue weighted by molar-refractivity contribution is -0.137. The minimum Gasteiger partial charge on any atom is -0.432 e. The summed E-state index contributed by atoms with van der Waals surface area (Å²) in [7, 11) is -2.66. The number of hydrogen-bond donors (Lipinski definition) is 2. The number of sulfonamides is 1.